The standard InChI is InChI=1S/C14H20BNO4/c1-18-12-6-4-10(8-13(12)19-2)11-5-7-14(17)16(9-11)15-20-3/h4,6,8,11,15H,5,7,9H2,1-3H3/t11-/m1/s1. The van der Waals surface area contributed by atoms with Crippen molar-refractivity contribution >= 4 is 13.5 Å². The van der Waals surface area contributed by atoms with Gasteiger partial charge in [0.15, 0.2) is 11.5 Å². The molecule has 1 aromatic carbocycles. The summed E-state index contributed by atoms with van der Waals surface area (Å²) in [6, 6.07) is 5.93. The Kier molecular flexibility index (Phi) is 4.90. The topological polar surface area (TPSA) is 48.0 Å². The van der Waals surface area contributed by atoms with Crippen molar-refractivity contribution in [2.24, 2.45) is 0 Å². The van der Waals surface area contributed by atoms with E-state index in [1.807, 2.05) is 18.2 Å². The van der Waals surface area contributed by atoms with Crippen molar-refractivity contribution in [3.63, 3.8) is 0 Å². The molecule has 1 aliphatic rings. The summed E-state index contributed by atoms with van der Waals surface area (Å²) in [6.07, 6.45) is 1.41. The minimum absolute atomic E-state index is 0.156. The summed E-state index contributed by atoms with van der Waals surface area (Å²) in [5.74, 6) is 1.91. The molecule has 1 atom stereocenters. The molecule has 1 saturated heterocycles. The minimum atomic E-state index is 0.156. The van der Waals surface area contributed by atoms with Gasteiger partial charge in [0.1, 0.15) is 0 Å². The van der Waals surface area contributed by atoms with Crippen molar-refractivity contribution in [3.05, 3.63) is 23.8 Å². The van der Waals surface area contributed by atoms with Gasteiger partial charge in [-0.2, -0.15) is 0 Å². The number of piperidine rings is 1. The molecular formula is C14H20BNO4. The quantitative estimate of drug-likeness (QED) is 0.762. The van der Waals surface area contributed by atoms with E-state index in [0.717, 1.165) is 23.5 Å². The zero-order chi connectivity index (χ0) is 14.5. The maximum atomic E-state index is 11.8. The highest BCUT2D eigenvalue weighted by Crippen LogP contribution is 2.34. The van der Waals surface area contributed by atoms with Crippen LogP contribution in [0.3, 0.4) is 0 Å². The smallest absolute Gasteiger partial charge is 0.398 e. The zero-order valence-electron chi connectivity index (χ0n) is 12.2. The molecule has 1 amide bonds. The molecule has 6 heteroatoms. The van der Waals surface area contributed by atoms with Gasteiger partial charge in [-0.1, -0.05) is 6.07 Å². The van der Waals surface area contributed by atoms with Crippen LogP contribution >= 0.6 is 0 Å². The van der Waals surface area contributed by atoms with Crippen LogP contribution in [0.1, 0.15) is 24.3 Å². The van der Waals surface area contributed by atoms with E-state index in [-0.39, 0.29) is 5.91 Å². The van der Waals surface area contributed by atoms with E-state index in [0.29, 0.717) is 26.5 Å². The SMILES string of the molecule is COBN1C[C@H](c2ccc(OC)c(OC)c2)CCC1=O. The molecule has 0 unspecified atom stereocenters. The fraction of sp³-hybridized carbons (Fsp3) is 0.500. The minimum Gasteiger partial charge on any atom is -0.493 e. The molecule has 0 aromatic heterocycles. The van der Waals surface area contributed by atoms with Crippen LogP contribution in [0, 0.1) is 0 Å². The average molecular weight is 277 g/mol. The second kappa shape index (κ2) is 6.66. The molecule has 20 heavy (non-hydrogen) atoms. The molecule has 1 heterocycles. The Balaban J connectivity index is 2.17. The fourth-order valence-corrected chi connectivity index (χ4v) is 2.57. The molecule has 0 N–H and O–H groups in total. The Bertz CT molecular complexity index is 480. The molecule has 1 fully saturated rings. The summed E-state index contributed by atoms with van der Waals surface area (Å²) >= 11 is 0. The van der Waals surface area contributed by atoms with E-state index in [1.165, 1.54) is 0 Å². The first-order valence-corrected chi connectivity index (χ1v) is 6.68. The Morgan fingerprint density at radius 1 is 1.20 bits per heavy atom. The van der Waals surface area contributed by atoms with Gasteiger partial charge in [-0.25, -0.2) is 0 Å². The summed E-state index contributed by atoms with van der Waals surface area (Å²) in [5, 5.41) is 0. The molecule has 0 bridgehead atoms. The van der Waals surface area contributed by atoms with Crippen LogP contribution in [-0.4, -0.2) is 46.2 Å². The number of carbonyl (C=O) groups is 1. The highest BCUT2D eigenvalue weighted by atomic mass is 16.5. The highest BCUT2D eigenvalue weighted by Gasteiger charge is 2.27. The average Bonchev–Trinajstić information content (AvgIpc) is 2.49. The maximum absolute atomic E-state index is 11.8. The first kappa shape index (κ1) is 14.7. The number of ether oxygens (including phenoxy) is 2. The van der Waals surface area contributed by atoms with Crippen molar-refractivity contribution < 1.29 is 18.9 Å². The number of rotatable bonds is 5. The lowest BCUT2D eigenvalue weighted by Crippen LogP contribution is -2.42. The van der Waals surface area contributed by atoms with Gasteiger partial charge in [-0.15, -0.1) is 0 Å². The predicted molar refractivity (Wildman–Crippen MR) is 77.4 cm³/mol. The van der Waals surface area contributed by atoms with Gasteiger partial charge in [-0.3, -0.25) is 4.79 Å². The van der Waals surface area contributed by atoms with E-state index in [9.17, 15) is 4.79 Å². The largest absolute Gasteiger partial charge is 0.493 e. The van der Waals surface area contributed by atoms with Crippen LogP contribution in [0.25, 0.3) is 0 Å². The van der Waals surface area contributed by atoms with Crippen molar-refractivity contribution in [2.45, 2.75) is 18.8 Å². The van der Waals surface area contributed by atoms with Gasteiger partial charge in [0.05, 0.1) is 14.2 Å². The van der Waals surface area contributed by atoms with Crippen LogP contribution in [0.4, 0.5) is 0 Å². The van der Waals surface area contributed by atoms with Crippen LogP contribution in [0.5, 0.6) is 11.5 Å². The fourth-order valence-electron chi connectivity index (χ4n) is 2.57. The lowest BCUT2D eigenvalue weighted by Gasteiger charge is -2.32. The molecule has 1 aliphatic heterocycles. The van der Waals surface area contributed by atoms with Crippen LogP contribution in [0.2, 0.25) is 0 Å². The van der Waals surface area contributed by atoms with Gasteiger partial charge in [-0.05, 0) is 24.1 Å². The number of benzene rings is 1. The summed E-state index contributed by atoms with van der Waals surface area (Å²) in [5.41, 5.74) is 1.16. The third kappa shape index (κ3) is 3.07. The molecule has 0 spiro atoms. The monoisotopic (exact) mass is 277 g/mol. The second-order valence-corrected chi connectivity index (χ2v) is 4.88. The molecule has 0 radical (unpaired) electrons. The Labute approximate surface area is 120 Å². The third-order valence-electron chi connectivity index (χ3n) is 3.66. The van der Waals surface area contributed by atoms with E-state index < -0.39 is 0 Å². The van der Waals surface area contributed by atoms with E-state index in [1.54, 1.807) is 26.1 Å². The summed E-state index contributed by atoms with van der Waals surface area (Å²) in [7, 11) is 5.20. The first-order chi connectivity index (χ1) is 9.69. The Hall–Kier alpha value is -1.69. The van der Waals surface area contributed by atoms with Crippen molar-refractivity contribution in [3.8, 4) is 11.5 Å². The molecular weight excluding hydrogens is 257 g/mol. The van der Waals surface area contributed by atoms with E-state index in [2.05, 4.69) is 0 Å². The maximum Gasteiger partial charge on any atom is 0.398 e. The van der Waals surface area contributed by atoms with Crippen LogP contribution in [0.15, 0.2) is 18.2 Å². The lowest BCUT2D eigenvalue weighted by molar-refractivity contribution is -0.129. The molecule has 1 aromatic rings. The Morgan fingerprint density at radius 2 is 1.95 bits per heavy atom. The number of amides is 1. The van der Waals surface area contributed by atoms with Gasteiger partial charge in [0, 0.05) is 26.0 Å². The van der Waals surface area contributed by atoms with Crippen LogP contribution < -0.4 is 9.47 Å². The molecule has 0 aliphatic carbocycles. The van der Waals surface area contributed by atoms with E-state index in [4.69, 9.17) is 14.1 Å². The number of hydrogen-bond donors (Lipinski definition) is 0. The van der Waals surface area contributed by atoms with Gasteiger partial charge >= 0.3 is 7.62 Å². The number of nitrogens with zero attached hydrogens (tertiary/aromatic N) is 1. The summed E-state index contributed by atoms with van der Waals surface area (Å²) in [6.45, 7) is 0.683. The van der Waals surface area contributed by atoms with Crippen molar-refractivity contribution in [1.82, 2.24) is 4.81 Å². The van der Waals surface area contributed by atoms with Crippen LogP contribution in [-0.2, 0) is 9.45 Å². The van der Waals surface area contributed by atoms with Gasteiger partial charge in [0.25, 0.3) is 0 Å². The predicted octanol–water partition coefficient (Wildman–Crippen LogP) is 1.32. The number of hydrogen-bond acceptors (Lipinski definition) is 4. The molecule has 5 nitrogen and oxygen atoms in total. The van der Waals surface area contributed by atoms with Gasteiger partial charge in [0.2, 0.25) is 5.91 Å². The second-order valence-electron chi connectivity index (χ2n) is 4.88. The number of carbonyl (C=O) groups excluding carboxylic acids is 1. The summed E-state index contributed by atoms with van der Waals surface area (Å²) < 4.78 is 15.7. The molecule has 0 saturated carbocycles. The van der Waals surface area contributed by atoms with Crippen molar-refractivity contribution in [1.29, 1.82) is 0 Å². The van der Waals surface area contributed by atoms with Gasteiger partial charge < -0.3 is 18.9 Å². The Morgan fingerprint density at radius 3 is 2.60 bits per heavy atom. The third-order valence-corrected chi connectivity index (χ3v) is 3.66. The summed E-state index contributed by atoms with van der Waals surface area (Å²) in [4.78, 5) is 13.5. The normalized spacial score (nSPS) is 18.9. The molecule has 108 valence electrons. The van der Waals surface area contributed by atoms with Crippen molar-refractivity contribution in [2.75, 3.05) is 27.9 Å². The first-order valence-electron chi connectivity index (χ1n) is 6.68. The lowest BCUT2D eigenvalue weighted by atomic mass is 9.88. The van der Waals surface area contributed by atoms with E-state index >= 15 is 0 Å². The molecule has 2 rings (SSSR count). The number of methoxy groups -OCH3 is 2. The highest BCUT2D eigenvalue weighted by molar-refractivity contribution is 6.29. The zero-order valence-corrected chi connectivity index (χ0v) is 12.2.